The van der Waals surface area contributed by atoms with Gasteiger partial charge in [-0.05, 0) is 6.42 Å². The topological polar surface area (TPSA) is 41.3 Å². The fourth-order valence-corrected chi connectivity index (χ4v) is 0.676. The Morgan fingerprint density at radius 1 is 1.56 bits per heavy atom. The second-order valence-electron chi connectivity index (χ2n) is 2.36. The largest absolute Gasteiger partial charge is 0.329 e. The normalized spacial score (nSPS) is 14.3. The van der Waals surface area contributed by atoms with Crippen LogP contribution in [0.1, 0.15) is 13.3 Å². The third kappa shape index (κ3) is 4.39. The van der Waals surface area contributed by atoms with E-state index in [0.717, 1.165) is 6.42 Å². The molecule has 0 saturated heterocycles. The Balaban J connectivity index is 3.31. The molecule has 3 nitrogen and oxygen atoms in total. The molecule has 0 aromatic heterocycles. The molecule has 0 amide bonds. The lowest BCUT2D eigenvalue weighted by atomic mass is 10.2. The van der Waals surface area contributed by atoms with Crippen LogP contribution in [0.4, 0.5) is 0 Å². The first kappa shape index (κ1) is 8.88. The molecule has 0 aliphatic heterocycles. The van der Waals surface area contributed by atoms with Gasteiger partial charge in [-0.25, -0.2) is 0 Å². The minimum atomic E-state index is 0.431. The van der Waals surface area contributed by atoms with E-state index in [1.807, 2.05) is 19.1 Å². The van der Waals surface area contributed by atoms with Crippen LogP contribution < -0.4 is 11.2 Å². The molecule has 3 heteroatoms. The highest BCUT2D eigenvalue weighted by Gasteiger charge is 2.01. The van der Waals surface area contributed by atoms with Gasteiger partial charge in [-0.2, -0.15) is 0 Å². The number of hydrogen-bond donors (Lipinski definition) is 2. The number of nitrogens with zero attached hydrogens (tertiary/aromatic N) is 1. The van der Waals surface area contributed by atoms with E-state index in [0.29, 0.717) is 12.6 Å². The molecule has 0 spiro atoms. The van der Waals surface area contributed by atoms with Crippen LogP contribution in [0.5, 0.6) is 0 Å². The number of nitrogens with two attached hydrogens (primary N) is 1. The van der Waals surface area contributed by atoms with Gasteiger partial charge < -0.3 is 5.73 Å². The highest BCUT2D eigenvalue weighted by Crippen LogP contribution is 1.86. The van der Waals surface area contributed by atoms with Crippen LogP contribution in [0.15, 0.2) is 0 Å². The van der Waals surface area contributed by atoms with Gasteiger partial charge in [0.1, 0.15) is 0 Å². The molecule has 0 aromatic carbocycles. The summed E-state index contributed by atoms with van der Waals surface area (Å²) in [6, 6.07) is 0.431. The van der Waals surface area contributed by atoms with Gasteiger partial charge in [-0.1, -0.05) is 6.92 Å². The van der Waals surface area contributed by atoms with Crippen molar-refractivity contribution in [3.63, 3.8) is 0 Å². The molecule has 0 aromatic rings. The van der Waals surface area contributed by atoms with E-state index < -0.39 is 0 Å². The Morgan fingerprint density at radius 3 is 2.22 bits per heavy atom. The first-order chi connectivity index (χ1) is 4.20. The molecule has 0 bridgehead atoms. The second-order valence-corrected chi connectivity index (χ2v) is 2.36. The maximum atomic E-state index is 5.44. The van der Waals surface area contributed by atoms with Crippen molar-refractivity contribution < 1.29 is 0 Å². The number of nitrogens with one attached hydrogen (secondary N) is 1. The number of hydrazine groups is 1. The molecule has 1 atom stereocenters. The van der Waals surface area contributed by atoms with Gasteiger partial charge in [-0.15, -0.1) is 0 Å². The zero-order valence-electron chi connectivity index (χ0n) is 6.52. The smallest absolute Gasteiger partial charge is 0.0335 e. The fraction of sp³-hybridized carbons (Fsp3) is 1.00. The van der Waals surface area contributed by atoms with Crippen LogP contribution in [-0.4, -0.2) is 31.7 Å². The van der Waals surface area contributed by atoms with Gasteiger partial charge in [0, 0.05) is 26.7 Å². The Hall–Kier alpha value is -0.120. The van der Waals surface area contributed by atoms with Gasteiger partial charge in [0.2, 0.25) is 0 Å². The quantitative estimate of drug-likeness (QED) is 0.519. The van der Waals surface area contributed by atoms with Crippen molar-refractivity contribution >= 4 is 0 Å². The van der Waals surface area contributed by atoms with Crippen molar-refractivity contribution in [2.45, 2.75) is 19.4 Å². The lowest BCUT2D eigenvalue weighted by molar-refractivity contribution is 0.240. The van der Waals surface area contributed by atoms with E-state index in [4.69, 9.17) is 5.73 Å². The Labute approximate surface area is 57.2 Å². The zero-order valence-corrected chi connectivity index (χ0v) is 6.52. The molecule has 56 valence electrons. The average molecular weight is 131 g/mol. The first-order valence-electron chi connectivity index (χ1n) is 3.34. The van der Waals surface area contributed by atoms with Crippen LogP contribution in [0.3, 0.4) is 0 Å². The summed E-state index contributed by atoms with van der Waals surface area (Å²) >= 11 is 0. The lowest BCUT2D eigenvalue weighted by Gasteiger charge is -2.19. The van der Waals surface area contributed by atoms with E-state index >= 15 is 0 Å². The lowest BCUT2D eigenvalue weighted by Crippen LogP contribution is -2.43. The van der Waals surface area contributed by atoms with Crippen molar-refractivity contribution in [2.24, 2.45) is 5.73 Å². The highest BCUT2D eigenvalue weighted by atomic mass is 15.5. The molecule has 0 rings (SSSR count). The van der Waals surface area contributed by atoms with Crippen LogP contribution in [-0.2, 0) is 0 Å². The molecule has 3 N–H and O–H groups in total. The summed E-state index contributed by atoms with van der Waals surface area (Å²) in [6.45, 7) is 2.82. The molecule has 9 heavy (non-hydrogen) atoms. The minimum Gasteiger partial charge on any atom is -0.329 e. The summed E-state index contributed by atoms with van der Waals surface area (Å²) in [5.74, 6) is 0. The van der Waals surface area contributed by atoms with Crippen molar-refractivity contribution in [1.82, 2.24) is 10.4 Å². The van der Waals surface area contributed by atoms with Crippen LogP contribution in [0, 0.1) is 0 Å². The summed E-state index contributed by atoms with van der Waals surface area (Å²) in [4.78, 5) is 0. The van der Waals surface area contributed by atoms with E-state index in [-0.39, 0.29) is 0 Å². The predicted molar refractivity (Wildman–Crippen MR) is 40.0 cm³/mol. The summed E-state index contributed by atoms with van der Waals surface area (Å²) in [7, 11) is 3.94. The third-order valence-electron chi connectivity index (χ3n) is 1.22. The van der Waals surface area contributed by atoms with Crippen molar-refractivity contribution in [2.75, 3.05) is 20.6 Å². The number of hydrogen-bond acceptors (Lipinski definition) is 3. The highest BCUT2D eigenvalue weighted by molar-refractivity contribution is 4.60. The van der Waals surface area contributed by atoms with Crippen LogP contribution in [0.2, 0.25) is 0 Å². The molecule has 0 aliphatic rings. The molecular formula is C6H17N3. The zero-order chi connectivity index (χ0) is 7.28. The van der Waals surface area contributed by atoms with Crippen molar-refractivity contribution in [3.05, 3.63) is 0 Å². The predicted octanol–water partition coefficient (Wildman–Crippen LogP) is -0.210. The Bertz CT molecular complexity index is 59.3. The number of rotatable bonds is 4. The first-order valence-corrected chi connectivity index (χ1v) is 3.34. The second kappa shape index (κ2) is 4.73. The average Bonchev–Trinajstić information content (AvgIpc) is 1.82. The molecule has 0 fully saturated rings. The van der Waals surface area contributed by atoms with E-state index in [9.17, 15) is 0 Å². The van der Waals surface area contributed by atoms with Crippen molar-refractivity contribution in [3.8, 4) is 0 Å². The van der Waals surface area contributed by atoms with Gasteiger partial charge in [0.05, 0.1) is 0 Å². The molecule has 0 heterocycles. The van der Waals surface area contributed by atoms with E-state index in [1.54, 1.807) is 0 Å². The molecule has 0 radical (unpaired) electrons. The summed E-state index contributed by atoms with van der Waals surface area (Å²) in [5, 5.41) is 1.93. The molecule has 0 aliphatic carbocycles. The van der Waals surface area contributed by atoms with Crippen molar-refractivity contribution in [1.29, 1.82) is 0 Å². The van der Waals surface area contributed by atoms with Crippen LogP contribution >= 0.6 is 0 Å². The van der Waals surface area contributed by atoms with Gasteiger partial charge in [-0.3, -0.25) is 10.4 Å². The summed E-state index contributed by atoms with van der Waals surface area (Å²) < 4.78 is 0. The fourth-order valence-electron chi connectivity index (χ4n) is 0.676. The maximum absolute atomic E-state index is 5.44. The maximum Gasteiger partial charge on any atom is 0.0335 e. The van der Waals surface area contributed by atoms with E-state index in [2.05, 4.69) is 12.3 Å². The van der Waals surface area contributed by atoms with Gasteiger partial charge >= 0.3 is 0 Å². The summed E-state index contributed by atoms with van der Waals surface area (Å²) in [6.07, 6.45) is 1.08. The molecule has 0 saturated carbocycles. The Morgan fingerprint density at radius 2 is 2.11 bits per heavy atom. The third-order valence-corrected chi connectivity index (χ3v) is 1.22. The molecule has 1 unspecified atom stereocenters. The SMILES string of the molecule is CCC(CN)NN(C)C. The van der Waals surface area contributed by atoms with E-state index in [1.165, 1.54) is 0 Å². The molecular weight excluding hydrogens is 114 g/mol. The monoisotopic (exact) mass is 131 g/mol. The van der Waals surface area contributed by atoms with Gasteiger partial charge in [0.25, 0.3) is 0 Å². The minimum absolute atomic E-state index is 0.431. The van der Waals surface area contributed by atoms with Gasteiger partial charge in [0.15, 0.2) is 0 Å². The Kier molecular flexibility index (Phi) is 4.67. The standard InChI is InChI=1S/C6H17N3/c1-4-6(5-7)8-9(2)3/h6,8H,4-5,7H2,1-3H3. The van der Waals surface area contributed by atoms with Crippen LogP contribution in [0.25, 0.3) is 0 Å². The summed E-state index contributed by atoms with van der Waals surface area (Å²) in [5.41, 5.74) is 8.63.